The first kappa shape index (κ1) is 14.8. The lowest BCUT2D eigenvalue weighted by molar-refractivity contribution is 0.100. The monoisotopic (exact) mass is 289 g/mol. The van der Waals surface area contributed by atoms with E-state index in [1.807, 2.05) is 13.8 Å². The normalized spacial score (nSPS) is 10.4. The molecule has 1 aromatic heterocycles. The van der Waals surface area contributed by atoms with Gasteiger partial charge in [-0.1, -0.05) is 6.92 Å². The quantitative estimate of drug-likeness (QED) is 0.846. The summed E-state index contributed by atoms with van der Waals surface area (Å²) in [6.45, 7) is 3.78. The fourth-order valence-electron chi connectivity index (χ4n) is 1.92. The van der Waals surface area contributed by atoms with Crippen molar-refractivity contribution in [2.24, 2.45) is 5.73 Å². The van der Waals surface area contributed by atoms with Gasteiger partial charge in [-0.25, -0.2) is 4.39 Å². The molecule has 0 spiro atoms. The second-order valence-corrected chi connectivity index (χ2v) is 4.59. The van der Waals surface area contributed by atoms with E-state index in [2.05, 4.69) is 4.98 Å². The van der Waals surface area contributed by atoms with Crippen LogP contribution >= 0.6 is 0 Å². The number of hydrogen-bond acceptors (Lipinski definition) is 4. The SMILES string of the molecule is CCc1nc(C)ccc1Oc1cc(C(N)=O)c(N)cc1F. The molecule has 2 aromatic rings. The lowest BCUT2D eigenvalue weighted by Gasteiger charge is -2.12. The highest BCUT2D eigenvalue weighted by molar-refractivity contribution is 5.98. The third-order valence-corrected chi connectivity index (χ3v) is 3.00. The van der Waals surface area contributed by atoms with Gasteiger partial charge in [0.1, 0.15) is 5.75 Å². The molecule has 6 heteroatoms. The second kappa shape index (κ2) is 5.78. The maximum Gasteiger partial charge on any atom is 0.250 e. The average molecular weight is 289 g/mol. The van der Waals surface area contributed by atoms with Crippen molar-refractivity contribution in [1.82, 2.24) is 4.98 Å². The van der Waals surface area contributed by atoms with Gasteiger partial charge in [0.2, 0.25) is 0 Å². The van der Waals surface area contributed by atoms with Crippen LogP contribution in [0, 0.1) is 12.7 Å². The number of nitrogen functional groups attached to an aromatic ring is 1. The van der Waals surface area contributed by atoms with Gasteiger partial charge in [-0.3, -0.25) is 9.78 Å². The molecule has 1 heterocycles. The van der Waals surface area contributed by atoms with Crippen molar-refractivity contribution in [3.05, 3.63) is 47.0 Å². The number of halogens is 1. The molecule has 0 bridgehead atoms. The van der Waals surface area contributed by atoms with Gasteiger partial charge in [-0.05, 0) is 31.5 Å². The van der Waals surface area contributed by atoms with Gasteiger partial charge in [0.25, 0.3) is 5.91 Å². The summed E-state index contributed by atoms with van der Waals surface area (Å²) in [6, 6.07) is 5.69. The van der Waals surface area contributed by atoms with Crippen LogP contribution in [-0.2, 0) is 6.42 Å². The fourth-order valence-corrected chi connectivity index (χ4v) is 1.92. The van der Waals surface area contributed by atoms with Gasteiger partial charge < -0.3 is 16.2 Å². The Morgan fingerprint density at radius 3 is 2.67 bits per heavy atom. The van der Waals surface area contributed by atoms with Crippen LogP contribution in [0.5, 0.6) is 11.5 Å². The Hall–Kier alpha value is -2.63. The number of benzene rings is 1. The number of rotatable bonds is 4. The summed E-state index contributed by atoms with van der Waals surface area (Å²) in [5, 5.41) is 0. The highest BCUT2D eigenvalue weighted by Crippen LogP contribution is 2.30. The number of hydrogen-bond donors (Lipinski definition) is 2. The molecule has 5 nitrogen and oxygen atoms in total. The largest absolute Gasteiger partial charge is 0.452 e. The lowest BCUT2D eigenvalue weighted by Crippen LogP contribution is -2.14. The number of nitrogens with two attached hydrogens (primary N) is 2. The molecule has 0 aliphatic heterocycles. The predicted molar refractivity (Wildman–Crippen MR) is 77.8 cm³/mol. The van der Waals surface area contributed by atoms with E-state index in [1.54, 1.807) is 12.1 Å². The first-order valence-corrected chi connectivity index (χ1v) is 6.45. The standard InChI is InChI=1S/C15H16FN3O2/c1-3-12-13(5-4-8(2)19-12)21-14-6-9(15(18)20)11(17)7-10(14)16/h4-7H,3,17H2,1-2H3,(H2,18,20). The van der Waals surface area contributed by atoms with Gasteiger partial charge in [-0.15, -0.1) is 0 Å². The van der Waals surface area contributed by atoms with Gasteiger partial charge >= 0.3 is 0 Å². The molecule has 1 amide bonds. The molecule has 0 saturated carbocycles. The van der Waals surface area contributed by atoms with Crippen molar-refractivity contribution >= 4 is 11.6 Å². The Labute approximate surface area is 121 Å². The Morgan fingerprint density at radius 2 is 2.05 bits per heavy atom. The van der Waals surface area contributed by atoms with Gasteiger partial charge in [-0.2, -0.15) is 0 Å². The zero-order valence-electron chi connectivity index (χ0n) is 11.8. The predicted octanol–water partition coefficient (Wildman–Crippen LogP) is 2.56. The Kier molecular flexibility index (Phi) is 4.07. The maximum absolute atomic E-state index is 13.9. The van der Waals surface area contributed by atoms with Crippen LogP contribution in [0.1, 0.15) is 28.7 Å². The third kappa shape index (κ3) is 3.10. The summed E-state index contributed by atoms with van der Waals surface area (Å²) in [4.78, 5) is 15.6. The number of carbonyl (C=O) groups excluding carboxylic acids is 1. The maximum atomic E-state index is 13.9. The average Bonchev–Trinajstić information content (AvgIpc) is 2.42. The van der Waals surface area contributed by atoms with Crippen LogP contribution in [0.2, 0.25) is 0 Å². The van der Waals surface area contributed by atoms with E-state index in [0.29, 0.717) is 17.9 Å². The molecule has 2 rings (SSSR count). The van der Waals surface area contributed by atoms with E-state index in [9.17, 15) is 9.18 Å². The van der Waals surface area contributed by atoms with Gasteiger partial charge in [0.05, 0.1) is 11.3 Å². The van der Waals surface area contributed by atoms with Crippen LogP contribution in [-0.4, -0.2) is 10.9 Å². The molecular formula is C15H16FN3O2. The minimum atomic E-state index is -0.741. The van der Waals surface area contributed by atoms with Crippen LogP contribution in [0.15, 0.2) is 24.3 Å². The molecule has 0 radical (unpaired) electrons. The second-order valence-electron chi connectivity index (χ2n) is 4.59. The van der Waals surface area contributed by atoms with Crippen molar-refractivity contribution < 1.29 is 13.9 Å². The Morgan fingerprint density at radius 1 is 1.33 bits per heavy atom. The molecule has 0 saturated heterocycles. The summed E-state index contributed by atoms with van der Waals surface area (Å²) in [7, 11) is 0. The van der Waals surface area contributed by atoms with Crippen LogP contribution < -0.4 is 16.2 Å². The fraction of sp³-hybridized carbons (Fsp3) is 0.200. The van der Waals surface area contributed by atoms with E-state index >= 15 is 0 Å². The summed E-state index contributed by atoms with van der Waals surface area (Å²) in [5.74, 6) is -1.09. The number of aryl methyl sites for hydroxylation is 2. The molecule has 0 fully saturated rings. The van der Waals surface area contributed by atoms with Crippen molar-refractivity contribution in [1.29, 1.82) is 0 Å². The minimum absolute atomic E-state index is 0.0181. The highest BCUT2D eigenvalue weighted by atomic mass is 19.1. The number of aromatic nitrogens is 1. The van der Waals surface area contributed by atoms with E-state index in [4.69, 9.17) is 16.2 Å². The highest BCUT2D eigenvalue weighted by Gasteiger charge is 2.15. The molecule has 21 heavy (non-hydrogen) atoms. The number of carbonyl (C=O) groups is 1. The van der Waals surface area contributed by atoms with Crippen LogP contribution in [0.3, 0.4) is 0 Å². The van der Waals surface area contributed by atoms with E-state index < -0.39 is 11.7 Å². The molecule has 1 aromatic carbocycles. The summed E-state index contributed by atoms with van der Waals surface area (Å²) >= 11 is 0. The van der Waals surface area contributed by atoms with E-state index in [0.717, 1.165) is 11.8 Å². The molecule has 0 aliphatic carbocycles. The van der Waals surface area contributed by atoms with Crippen molar-refractivity contribution in [2.75, 3.05) is 5.73 Å². The minimum Gasteiger partial charge on any atom is -0.452 e. The summed E-state index contributed by atoms with van der Waals surface area (Å²) in [6.07, 6.45) is 0.635. The zero-order valence-corrected chi connectivity index (χ0v) is 11.8. The first-order valence-electron chi connectivity index (χ1n) is 6.45. The van der Waals surface area contributed by atoms with Gasteiger partial charge in [0.15, 0.2) is 11.6 Å². The number of nitrogens with zero attached hydrogens (tertiary/aromatic N) is 1. The summed E-state index contributed by atoms with van der Waals surface area (Å²) in [5.41, 5.74) is 12.3. The molecule has 0 atom stereocenters. The Bertz CT molecular complexity index is 702. The molecule has 0 aliphatic rings. The summed E-state index contributed by atoms with van der Waals surface area (Å²) < 4.78 is 19.4. The van der Waals surface area contributed by atoms with Crippen molar-refractivity contribution in [2.45, 2.75) is 20.3 Å². The van der Waals surface area contributed by atoms with Crippen molar-refractivity contribution in [3.63, 3.8) is 0 Å². The smallest absolute Gasteiger partial charge is 0.250 e. The lowest BCUT2D eigenvalue weighted by atomic mass is 10.1. The molecule has 0 unspecified atom stereocenters. The van der Waals surface area contributed by atoms with Crippen LogP contribution in [0.25, 0.3) is 0 Å². The zero-order chi connectivity index (χ0) is 15.6. The molecule has 110 valence electrons. The number of anilines is 1. The Balaban J connectivity index is 2.44. The number of pyridine rings is 1. The van der Waals surface area contributed by atoms with E-state index in [-0.39, 0.29) is 17.0 Å². The van der Waals surface area contributed by atoms with Crippen molar-refractivity contribution in [3.8, 4) is 11.5 Å². The molecule has 4 N–H and O–H groups in total. The number of primary amides is 1. The number of amides is 1. The molecular weight excluding hydrogens is 273 g/mol. The first-order chi connectivity index (χ1) is 9.92. The third-order valence-electron chi connectivity index (χ3n) is 3.00. The van der Waals surface area contributed by atoms with Crippen LogP contribution in [0.4, 0.5) is 10.1 Å². The topological polar surface area (TPSA) is 91.2 Å². The van der Waals surface area contributed by atoms with Gasteiger partial charge in [0, 0.05) is 17.4 Å². The van der Waals surface area contributed by atoms with E-state index in [1.165, 1.54) is 6.07 Å². The number of ether oxygens (including phenoxy) is 1.